The lowest BCUT2D eigenvalue weighted by molar-refractivity contribution is -0.385. The number of aromatic nitrogens is 2. The summed E-state index contributed by atoms with van der Waals surface area (Å²) in [6.45, 7) is 3.58. The van der Waals surface area contributed by atoms with Crippen molar-refractivity contribution in [3.63, 3.8) is 0 Å². The smallest absolute Gasteiger partial charge is 0.273 e. The lowest BCUT2D eigenvalue weighted by atomic mass is 10.1. The highest BCUT2D eigenvalue weighted by atomic mass is 16.6. The van der Waals surface area contributed by atoms with Crippen LogP contribution in [0.5, 0.6) is 0 Å². The number of carbonyl (C=O) groups excluding carboxylic acids is 1. The van der Waals surface area contributed by atoms with E-state index < -0.39 is 10.8 Å². The van der Waals surface area contributed by atoms with Crippen LogP contribution in [0, 0.1) is 17.0 Å². The van der Waals surface area contributed by atoms with Gasteiger partial charge in [-0.25, -0.2) is 0 Å². The first-order valence-electron chi connectivity index (χ1n) is 9.77. The van der Waals surface area contributed by atoms with Crippen LogP contribution in [-0.2, 0) is 0 Å². The fourth-order valence-electron chi connectivity index (χ4n) is 3.62. The van der Waals surface area contributed by atoms with Crippen LogP contribution in [0.25, 0.3) is 11.3 Å². The van der Waals surface area contributed by atoms with Gasteiger partial charge in [-0.3, -0.25) is 14.9 Å². The number of hydrogen-bond donors (Lipinski definition) is 1. The zero-order valence-corrected chi connectivity index (χ0v) is 16.5. The molecule has 0 aliphatic carbocycles. The van der Waals surface area contributed by atoms with Crippen molar-refractivity contribution in [1.29, 1.82) is 0 Å². The second kappa shape index (κ2) is 8.28. The molecule has 0 atom stereocenters. The summed E-state index contributed by atoms with van der Waals surface area (Å²) in [5, 5.41) is 22.6. The molecule has 0 radical (unpaired) electrons. The van der Waals surface area contributed by atoms with Gasteiger partial charge >= 0.3 is 0 Å². The predicted molar refractivity (Wildman–Crippen MR) is 115 cm³/mol. The minimum absolute atomic E-state index is 0.0789. The van der Waals surface area contributed by atoms with E-state index >= 15 is 0 Å². The summed E-state index contributed by atoms with van der Waals surface area (Å²) in [5.74, 6) is 0.477. The fraction of sp³-hybridized carbons (Fsp3) is 0.227. The monoisotopic (exact) mass is 403 g/mol. The zero-order chi connectivity index (χ0) is 21.1. The summed E-state index contributed by atoms with van der Waals surface area (Å²) in [6, 6.07) is 15.6. The maximum atomic E-state index is 12.7. The van der Waals surface area contributed by atoms with Crippen LogP contribution in [0.1, 0.15) is 28.8 Å². The quantitative estimate of drug-likeness (QED) is 0.506. The predicted octanol–water partition coefficient (Wildman–Crippen LogP) is 4.21. The maximum absolute atomic E-state index is 12.7. The number of amides is 1. The Morgan fingerprint density at radius 3 is 2.53 bits per heavy atom. The van der Waals surface area contributed by atoms with E-state index in [-0.39, 0.29) is 11.3 Å². The molecule has 0 spiro atoms. The molecule has 8 nitrogen and oxygen atoms in total. The first-order valence-corrected chi connectivity index (χ1v) is 9.77. The number of rotatable bonds is 5. The topological polar surface area (TPSA) is 101 Å². The Balaban J connectivity index is 1.53. The Bertz CT molecular complexity index is 1090. The molecule has 1 aliphatic rings. The first-order chi connectivity index (χ1) is 14.5. The molecule has 1 amide bonds. The van der Waals surface area contributed by atoms with Crippen LogP contribution in [0.15, 0.2) is 54.6 Å². The summed E-state index contributed by atoms with van der Waals surface area (Å²) in [4.78, 5) is 25.5. The number of nitrogens with one attached hydrogen (secondary N) is 1. The number of hydrogen-bond acceptors (Lipinski definition) is 6. The fourth-order valence-corrected chi connectivity index (χ4v) is 3.62. The van der Waals surface area contributed by atoms with Crippen molar-refractivity contribution in [2.24, 2.45) is 0 Å². The number of nitro benzene ring substituents is 1. The summed E-state index contributed by atoms with van der Waals surface area (Å²) < 4.78 is 0. The van der Waals surface area contributed by atoms with Gasteiger partial charge in [0.05, 0.1) is 10.6 Å². The molecule has 0 unspecified atom stereocenters. The summed E-state index contributed by atoms with van der Waals surface area (Å²) in [5.41, 5.74) is 2.63. The molecule has 0 bridgehead atoms. The van der Waals surface area contributed by atoms with E-state index in [2.05, 4.69) is 20.4 Å². The van der Waals surface area contributed by atoms with E-state index in [1.807, 2.05) is 30.3 Å². The van der Waals surface area contributed by atoms with Crippen molar-refractivity contribution in [2.75, 3.05) is 23.3 Å². The second-order valence-corrected chi connectivity index (χ2v) is 7.21. The molecule has 8 heteroatoms. The number of anilines is 2. The Hall–Kier alpha value is -3.81. The van der Waals surface area contributed by atoms with Gasteiger partial charge in [-0.05, 0) is 50.1 Å². The number of nitro groups is 1. The minimum atomic E-state index is -0.489. The van der Waals surface area contributed by atoms with Crippen LogP contribution >= 0.6 is 0 Å². The van der Waals surface area contributed by atoms with Gasteiger partial charge in [0.15, 0.2) is 5.82 Å². The van der Waals surface area contributed by atoms with Gasteiger partial charge in [-0.1, -0.05) is 18.2 Å². The Morgan fingerprint density at radius 2 is 1.83 bits per heavy atom. The third-order valence-corrected chi connectivity index (χ3v) is 5.24. The standard InChI is InChI=1S/C22H21N5O3/c1-15-18(8-5-9-20(15)27(29)30)22(28)23-17-7-4-6-16(14-17)19-10-11-21(25-24-19)26-12-2-3-13-26/h4-11,14H,2-3,12-13H2,1H3,(H,23,28). The van der Waals surface area contributed by atoms with Crippen molar-refractivity contribution in [3.05, 3.63) is 75.8 Å². The average Bonchev–Trinajstić information content (AvgIpc) is 3.29. The molecule has 3 aromatic rings. The third kappa shape index (κ3) is 3.98. The molecule has 1 aromatic heterocycles. The van der Waals surface area contributed by atoms with Crippen LogP contribution in [-0.4, -0.2) is 34.1 Å². The van der Waals surface area contributed by atoms with Gasteiger partial charge in [-0.2, -0.15) is 0 Å². The van der Waals surface area contributed by atoms with E-state index in [0.717, 1.165) is 24.5 Å². The largest absolute Gasteiger partial charge is 0.355 e. The van der Waals surface area contributed by atoms with Gasteiger partial charge < -0.3 is 10.2 Å². The van der Waals surface area contributed by atoms with Crippen LogP contribution in [0.2, 0.25) is 0 Å². The molecule has 152 valence electrons. The van der Waals surface area contributed by atoms with Crippen molar-refractivity contribution in [2.45, 2.75) is 19.8 Å². The Labute approximate surface area is 173 Å². The van der Waals surface area contributed by atoms with Gasteiger partial charge in [0.25, 0.3) is 11.6 Å². The maximum Gasteiger partial charge on any atom is 0.273 e. The van der Waals surface area contributed by atoms with Gasteiger partial charge in [-0.15, -0.1) is 10.2 Å². The molecular formula is C22H21N5O3. The van der Waals surface area contributed by atoms with E-state index in [0.29, 0.717) is 16.9 Å². The van der Waals surface area contributed by atoms with Gasteiger partial charge in [0.2, 0.25) is 0 Å². The van der Waals surface area contributed by atoms with Crippen LogP contribution < -0.4 is 10.2 Å². The van der Waals surface area contributed by atoms with E-state index in [1.54, 1.807) is 19.1 Å². The van der Waals surface area contributed by atoms with E-state index in [4.69, 9.17) is 0 Å². The lowest BCUT2D eigenvalue weighted by Crippen LogP contribution is -2.19. The van der Waals surface area contributed by atoms with Crippen LogP contribution in [0.3, 0.4) is 0 Å². The molecule has 1 saturated heterocycles. The number of benzene rings is 2. The van der Waals surface area contributed by atoms with Crippen molar-refractivity contribution < 1.29 is 9.72 Å². The first kappa shape index (κ1) is 19.5. The molecule has 0 saturated carbocycles. The SMILES string of the molecule is Cc1c(C(=O)Nc2cccc(-c3ccc(N4CCCC4)nn3)c2)cccc1[N+](=O)[O-]. The van der Waals surface area contributed by atoms with E-state index in [9.17, 15) is 14.9 Å². The van der Waals surface area contributed by atoms with E-state index in [1.165, 1.54) is 25.0 Å². The summed E-state index contributed by atoms with van der Waals surface area (Å²) >= 11 is 0. The summed E-state index contributed by atoms with van der Waals surface area (Å²) in [7, 11) is 0. The lowest BCUT2D eigenvalue weighted by Gasteiger charge is -2.15. The van der Waals surface area contributed by atoms with Crippen molar-refractivity contribution in [1.82, 2.24) is 10.2 Å². The van der Waals surface area contributed by atoms with Crippen LogP contribution in [0.4, 0.5) is 17.2 Å². The molecule has 2 heterocycles. The minimum Gasteiger partial charge on any atom is -0.355 e. The zero-order valence-electron chi connectivity index (χ0n) is 16.5. The average molecular weight is 403 g/mol. The number of nitrogens with zero attached hydrogens (tertiary/aromatic N) is 4. The van der Waals surface area contributed by atoms with Gasteiger partial charge in [0, 0.05) is 41.5 Å². The van der Waals surface area contributed by atoms with Crippen molar-refractivity contribution in [3.8, 4) is 11.3 Å². The highest BCUT2D eigenvalue weighted by molar-refractivity contribution is 6.06. The summed E-state index contributed by atoms with van der Waals surface area (Å²) in [6.07, 6.45) is 2.35. The Morgan fingerprint density at radius 1 is 1.07 bits per heavy atom. The van der Waals surface area contributed by atoms with Gasteiger partial charge in [0.1, 0.15) is 0 Å². The van der Waals surface area contributed by atoms with Crippen molar-refractivity contribution >= 4 is 23.1 Å². The molecule has 4 rings (SSSR count). The molecule has 30 heavy (non-hydrogen) atoms. The molecule has 2 aromatic carbocycles. The molecule has 1 N–H and O–H groups in total. The number of carbonyl (C=O) groups is 1. The molecular weight excluding hydrogens is 382 g/mol. The molecule has 1 fully saturated rings. The Kier molecular flexibility index (Phi) is 5.38. The normalized spacial score (nSPS) is 13.3. The highest BCUT2D eigenvalue weighted by Gasteiger charge is 2.18. The third-order valence-electron chi connectivity index (χ3n) is 5.24. The second-order valence-electron chi connectivity index (χ2n) is 7.21. The molecule has 1 aliphatic heterocycles. The highest BCUT2D eigenvalue weighted by Crippen LogP contribution is 2.25.